The van der Waals surface area contributed by atoms with Crippen molar-refractivity contribution in [2.75, 3.05) is 11.9 Å². The van der Waals surface area contributed by atoms with Crippen LogP contribution in [0.1, 0.15) is 37.6 Å². The van der Waals surface area contributed by atoms with Gasteiger partial charge in [0.2, 0.25) is 0 Å². The molecule has 0 fully saturated rings. The van der Waals surface area contributed by atoms with E-state index in [2.05, 4.69) is 21.2 Å². The van der Waals surface area contributed by atoms with Gasteiger partial charge in [-0.1, -0.05) is 6.92 Å². The molecule has 0 aromatic heterocycles. The fraction of sp³-hybridized carbons (Fsp3) is 0.429. The maximum absolute atomic E-state index is 12.2. The number of carbonyl (C=O) groups is 2. The standard InChI is InChI=1S/C14H19BrN2O3/c1-4-7-17(9(2)3)14(20)16-10-5-6-12(15)11(8-10)13(18)19/h5-6,8-9H,4,7H2,1-3H3,(H,16,20)(H,18,19). The number of rotatable bonds is 5. The molecule has 1 rings (SSSR count). The Kier molecular flexibility index (Phi) is 6.01. The van der Waals surface area contributed by atoms with Gasteiger partial charge in [0.15, 0.2) is 0 Å². The van der Waals surface area contributed by atoms with Crippen LogP contribution in [0.2, 0.25) is 0 Å². The maximum atomic E-state index is 12.2. The number of carboxylic acid groups (broad SMARTS) is 1. The Morgan fingerprint density at radius 1 is 1.40 bits per heavy atom. The molecule has 0 spiro atoms. The summed E-state index contributed by atoms with van der Waals surface area (Å²) >= 11 is 3.17. The average Bonchev–Trinajstić information content (AvgIpc) is 2.37. The Labute approximate surface area is 127 Å². The number of hydrogen-bond donors (Lipinski definition) is 2. The smallest absolute Gasteiger partial charge is 0.336 e. The van der Waals surface area contributed by atoms with Crippen LogP contribution in [-0.4, -0.2) is 34.6 Å². The lowest BCUT2D eigenvalue weighted by molar-refractivity contribution is 0.0696. The second-order valence-electron chi connectivity index (χ2n) is 4.72. The number of hydrogen-bond acceptors (Lipinski definition) is 2. The summed E-state index contributed by atoms with van der Waals surface area (Å²) in [7, 11) is 0. The molecule has 0 saturated carbocycles. The zero-order valence-corrected chi connectivity index (χ0v) is 13.4. The molecular weight excluding hydrogens is 324 g/mol. The van der Waals surface area contributed by atoms with Crippen LogP contribution in [0.15, 0.2) is 22.7 Å². The van der Waals surface area contributed by atoms with Crippen molar-refractivity contribution < 1.29 is 14.7 Å². The predicted molar refractivity (Wildman–Crippen MR) is 82.3 cm³/mol. The van der Waals surface area contributed by atoms with Gasteiger partial charge in [0, 0.05) is 22.7 Å². The Bertz CT molecular complexity index is 503. The minimum Gasteiger partial charge on any atom is -0.478 e. The first-order valence-corrected chi connectivity index (χ1v) is 7.26. The highest BCUT2D eigenvalue weighted by Crippen LogP contribution is 2.21. The van der Waals surface area contributed by atoms with Crippen LogP contribution in [0.4, 0.5) is 10.5 Å². The number of nitrogens with one attached hydrogen (secondary N) is 1. The number of carbonyl (C=O) groups excluding carboxylic acids is 1. The number of urea groups is 1. The van der Waals surface area contributed by atoms with E-state index >= 15 is 0 Å². The van der Waals surface area contributed by atoms with E-state index in [0.717, 1.165) is 6.42 Å². The minimum atomic E-state index is -1.04. The van der Waals surface area contributed by atoms with Gasteiger partial charge in [-0.2, -0.15) is 0 Å². The summed E-state index contributed by atoms with van der Waals surface area (Å²) in [6.07, 6.45) is 0.867. The summed E-state index contributed by atoms with van der Waals surface area (Å²) in [6.45, 7) is 6.55. The lowest BCUT2D eigenvalue weighted by Gasteiger charge is -2.26. The number of benzene rings is 1. The molecule has 5 nitrogen and oxygen atoms in total. The molecule has 2 amide bonds. The summed E-state index contributed by atoms with van der Waals surface area (Å²) in [5, 5.41) is 11.8. The molecule has 1 aromatic carbocycles. The van der Waals surface area contributed by atoms with Crippen LogP contribution < -0.4 is 5.32 Å². The van der Waals surface area contributed by atoms with E-state index in [1.54, 1.807) is 17.0 Å². The van der Waals surface area contributed by atoms with Gasteiger partial charge >= 0.3 is 12.0 Å². The van der Waals surface area contributed by atoms with Gasteiger partial charge in [-0.25, -0.2) is 9.59 Å². The van der Waals surface area contributed by atoms with E-state index in [1.807, 2.05) is 20.8 Å². The first-order chi connectivity index (χ1) is 9.36. The molecule has 0 unspecified atom stereocenters. The highest BCUT2D eigenvalue weighted by Gasteiger charge is 2.17. The van der Waals surface area contributed by atoms with Crippen molar-refractivity contribution in [2.45, 2.75) is 33.2 Å². The molecular formula is C14H19BrN2O3. The van der Waals surface area contributed by atoms with Crippen LogP contribution in [0, 0.1) is 0 Å². The van der Waals surface area contributed by atoms with Gasteiger partial charge in [0.1, 0.15) is 0 Å². The largest absolute Gasteiger partial charge is 0.478 e. The van der Waals surface area contributed by atoms with E-state index in [1.165, 1.54) is 6.07 Å². The molecule has 0 saturated heterocycles. The normalized spacial score (nSPS) is 10.4. The topological polar surface area (TPSA) is 69.6 Å². The second kappa shape index (κ2) is 7.28. The van der Waals surface area contributed by atoms with Crippen molar-refractivity contribution in [1.29, 1.82) is 0 Å². The van der Waals surface area contributed by atoms with Gasteiger partial charge in [-0.3, -0.25) is 0 Å². The maximum Gasteiger partial charge on any atom is 0.336 e. The summed E-state index contributed by atoms with van der Waals surface area (Å²) < 4.78 is 0.484. The van der Waals surface area contributed by atoms with E-state index in [0.29, 0.717) is 16.7 Å². The molecule has 0 aliphatic carbocycles. The van der Waals surface area contributed by atoms with Crippen LogP contribution >= 0.6 is 15.9 Å². The lowest BCUT2D eigenvalue weighted by atomic mass is 10.2. The predicted octanol–water partition coefficient (Wildman–Crippen LogP) is 3.80. The van der Waals surface area contributed by atoms with Gasteiger partial charge in [0.05, 0.1) is 5.56 Å². The molecule has 0 radical (unpaired) electrons. The van der Waals surface area contributed by atoms with Crippen LogP contribution in [-0.2, 0) is 0 Å². The third kappa shape index (κ3) is 4.23. The number of halogens is 1. The first-order valence-electron chi connectivity index (χ1n) is 6.47. The van der Waals surface area contributed by atoms with E-state index in [-0.39, 0.29) is 17.6 Å². The Hall–Kier alpha value is -1.56. The highest BCUT2D eigenvalue weighted by atomic mass is 79.9. The van der Waals surface area contributed by atoms with E-state index < -0.39 is 5.97 Å². The molecule has 0 atom stereocenters. The monoisotopic (exact) mass is 342 g/mol. The van der Waals surface area contributed by atoms with Crippen LogP contribution in [0.5, 0.6) is 0 Å². The number of amides is 2. The zero-order chi connectivity index (χ0) is 15.3. The first kappa shape index (κ1) is 16.5. The van der Waals surface area contributed by atoms with E-state index in [4.69, 9.17) is 5.11 Å². The molecule has 0 bridgehead atoms. The molecule has 6 heteroatoms. The third-order valence-electron chi connectivity index (χ3n) is 2.80. The summed E-state index contributed by atoms with van der Waals surface area (Å²) in [6, 6.07) is 4.58. The SMILES string of the molecule is CCCN(C(=O)Nc1ccc(Br)c(C(=O)O)c1)C(C)C. The number of carboxylic acids is 1. The minimum absolute atomic E-state index is 0.0874. The highest BCUT2D eigenvalue weighted by molar-refractivity contribution is 9.10. The molecule has 0 aliphatic heterocycles. The number of nitrogens with zero attached hydrogens (tertiary/aromatic N) is 1. The van der Waals surface area contributed by atoms with Gasteiger partial charge in [0.25, 0.3) is 0 Å². The second-order valence-corrected chi connectivity index (χ2v) is 5.57. The summed E-state index contributed by atoms with van der Waals surface area (Å²) in [5.41, 5.74) is 0.590. The van der Waals surface area contributed by atoms with Gasteiger partial charge in [-0.15, -0.1) is 0 Å². The lowest BCUT2D eigenvalue weighted by Crippen LogP contribution is -2.40. The fourth-order valence-corrected chi connectivity index (χ4v) is 2.21. The van der Waals surface area contributed by atoms with Crippen LogP contribution in [0.3, 0.4) is 0 Å². The quantitative estimate of drug-likeness (QED) is 0.854. The molecule has 0 heterocycles. The van der Waals surface area contributed by atoms with Gasteiger partial charge < -0.3 is 15.3 Å². The van der Waals surface area contributed by atoms with Crippen molar-refractivity contribution in [3.8, 4) is 0 Å². The summed E-state index contributed by atoms with van der Waals surface area (Å²) in [5.74, 6) is -1.04. The molecule has 2 N–H and O–H groups in total. The Morgan fingerprint density at radius 2 is 2.05 bits per heavy atom. The fourth-order valence-electron chi connectivity index (χ4n) is 1.80. The van der Waals surface area contributed by atoms with Crippen molar-refractivity contribution in [1.82, 2.24) is 4.90 Å². The van der Waals surface area contributed by atoms with Crippen molar-refractivity contribution >= 4 is 33.6 Å². The Morgan fingerprint density at radius 3 is 2.55 bits per heavy atom. The van der Waals surface area contributed by atoms with Crippen molar-refractivity contribution in [3.63, 3.8) is 0 Å². The number of aromatic carboxylic acids is 1. The third-order valence-corrected chi connectivity index (χ3v) is 3.49. The van der Waals surface area contributed by atoms with Crippen LogP contribution in [0.25, 0.3) is 0 Å². The molecule has 0 aliphatic rings. The molecule has 1 aromatic rings. The van der Waals surface area contributed by atoms with Crippen molar-refractivity contribution in [2.24, 2.45) is 0 Å². The number of anilines is 1. The van der Waals surface area contributed by atoms with E-state index in [9.17, 15) is 9.59 Å². The van der Waals surface area contributed by atoms with Gasteiger partial charge in [-0.05, 0) is 54.4 Å². The molecule has 110 valence electrons. The molecule has 20 heavy (non-hydrogen) atoms. The van der Waals surface area contributed by atoms with Crippen molar-refractivity contribution in [3.05, 3.63) is 28.2 Å². The zero-order valence-electron chi connectivity index (χ0n) is 11.8. The average molecular weight is 343 g/mol. The summed E-state index contributed by atoms with van der Waals surface area (Å²) in [4.78, 5) is 24.9. The Balaban J connectivity index is 2.89.